The summed E-state index contributed by atoms with van der Waals surface area (Å²) in [7, 11) is 0. The first-order chi connectivity index (χ1) is 34.6. The molecule has 0 unspecified atom stereocenters. The number of aromatic nitrogens is 4. The number of rotatable bonds is 10. The summed E-state index contributed by atoms with van der Waals surface area (Å²) in [5.74, 6) is 2.35. The van der Waals surface area contributed by atoms with Gasteiger partial charge in [0.2, 0.25) is 0 Å². The van der Waals surface area contributed by atoms with E-state index in [4.69, 9.17) is 9.72 Å². The Hall–Kier alpha value is -7.50. The summed E-state index contributed by atoms with van der Waals surface area (Å²) in [6, 6.07) is 63.7. The maximum Gasteiger partial charge on any atom is 0.269 e. The molecule has 5 heteroatoms. The van der Waals surface area contributed by atoms with Gasteiger partial charge in [0.15, 0.2) is 0 Å². The lowest BCUT2D eigenvalue weighted by Gasteiger charge is -2.29. The predicted octanol–water partition coefficient (Wildman–Crippen LogP) is 17.0. The van der Waals surface area contributed by atoms with Crippen LogP contribution in [0.15, 0.2) is 188 Å². The summed E-state index contributed by atoms with van der Waals surface area (Å²) < 4.78 is 14.1. The number of ether oxygens (including phenoxy) is 1. The molecule has 0 atom stereocenters. The van der Waals surface area contributed by atoms with Gasteiger partial charge in [-0.2, -0.15) is 0 Å². The Kier molecular flexibility index (Phi) is 12.2. The van der Waals surface area contributed by atoms with Crippen molar-refractivity contribution in [1.29, 1.82) is 0 Å². The molecule has 0 N–H and O–H groups in total. The molecule has 0 aliphatic rings. The summed E-state index contributed by atoms with van der Waals surface area (Å²) in [4.78, 5) is 5.07. The number of hydrogen-bond donors (Lipinski definition) is 0. The lowest BCUT2D eigenvalue weighted by atomic mass is 9.76. The van der Waals surface area contributed by atoms with Crippen molar-refractivity contribution in [2.45, 2.75) is 117 Å². The normalized spacial score (nSPS) is 12.7. The van der Waals surface area contributed by atoms with Gasteiger partial charge in [-0.15, -0.1) is 0 Å². The molecular weight excluding hydrogens is 889 g/mol. The lowest BCUT2D eigenvalue weighted by molar-refractivity contribution is -0.588. The van der Waals surface area contributed by atoms with Gasteiger partial charge in [0.1, 0.15) is 17.3 Å². The van der Waals surface area contributed by atoms with Gasteiger partial charge in [0, 0.05) is 40.1 Å². The number of benzene rings is 7. The minimum atomic E-state index is -0.407. The van der Waals surface area contributed by atoms with Gasteiger partial charge in [-0.1, -0.05) is 205 Å². The van der Waals surface area contributed by atoms with Crippen LogP contribution in [-0.2, 0) is 27.1 Å². The fraction of sp³-hybridized carbons (Fsp3) is 0.265. The van der Waals surface area contributed by atoms with Crippen molar-refractivity contribution in [3.8, 4) is 39.9 Å². The van der Waals surface area contributed by atoms with Crippen LogP contribution in [0.1, 0.15) is 129 Å². The van der Waals surface area contributed by atoms with E-state index in [9.17, 15) is 0 Å². The van der Waals surface area contributed by atoms with Gasteiger partial charge in [0.25, 0.3) is 6.33 Å². The Bertz CT molecular complexity index is 3600. The third kappa shape index (κ3) is 9.43. The Morgan fingerprint density at radius 3 is 1.64 bits per heavy atom. The van der Waals surface area contributed by atoms with Gasteiger partial charge >= 0.3 is 0 Å². The second-order valence-electron chi connectivity index (χ2n) is 24.1. The maximum atomic E-state index is 7.40. The van der Waals surface area contributed by atoms with E-state index in [1.165, 1.54) is 44.2 Å². The largest absolute Gasteiger partial charge is 0.458 e. The summed E-state index contributed by atoms with van der Waals surface area (Å²) in [5.41, 5.74) is 13.8. The van der Waals surface area contributed by atoms with Crippen molar-refractivity contribution in [3.05, 3.63) is 234 Å². The first-order valence-electron chi connectivity index (χ1n) is 25.9. The Balaban J connectivity index is 1.22. The van der Waals surface area contributed by atoms with Crippen molar-refractivity contribution in [2.75, 3.05) is 0 Å². The maximum absolute atomic E-state index is 7.40. The van der Waals surface area contributed by atoms with E-state index in [0.29, 0.717) is 0 Å². The van der Waals surface area contributed by atoms with Crippen LogP contribution >= 0.6 is 0 Å². The van der Waals surface area contributed by atoms with Crippen LogP contribution in [0.2, 0.25) is 0 Å². The number of fused-ring (bicyclic) bond motifs is 3. The molecule has 0 bridgehead atoms. The average molecular weight is 959 g/mol. The molecule has 0 saturated heterocycles. The first kappa shape index (κ1) is 49.1. The van der Waals surface area contributed by atoms with Crippen molar-refractivity contribution >= 4 is 21.8 Å². The van der Waals surface area contributed by atoms with Crippen molar-refractivity contribution in [3.63, 3.8) is 0 Å². The molecule has 5 nitrogen and oxygen atoms in total. The number of pyridine rings is 1. The highest BCUT2D eigenvalue weighted by atomic mass is 16.5. The molecule has 0 saturated carbocycles. The van der Waals surface area contributed by atoms with E-state index < -0.39 is 5.41 Å². The highest BCUT2D eigenvalue weighted by Gasteiger charge is 2.31. The standard InChI is InChI=1S/C68H70N4O/c1-64(2,3)49-33-34-69-62(40-49)72-59-32-24-23-31-57(59)63-58(68(12,13)48-29-21-16-22-30-48)42-56(43-60(63)72)73-55-39-52(67(10,11)47-27-19-15-20-28-47)38-53(41-55)70-44-61(46-25-17-14-18-26-46)71(45-70)54-36-50(65(4,5)6)35-51(37-54)66(7,8)9/h14-44H,1-13H3. The summed E-state index contributed by atoms with van der Waals surface area (Å²) >= 11 is 0. The van der Waals surface area contributed by atoms with E-state index in [0.717, 1.165) is 56.5 Å². The molecule has 10 rings (SSSR count). The molecule has 3 aromatic heterocycles. The zero-order valence-electron chi connectivity index (χ0n) is 45.1. The molecule has 0 radical (unpaired) electrons. The third-order valence-electron chi connectivity index (χ3n) is 15.1. The van der Waals surface area contributed by atoms with Crippen molar-refractivity contribution < 1.29 is 9.30 Å². The zero-order valence-corrected chi connectivity index (χ0v) is 45.1. The topological polar surface area (TPSA) is 35.9 Å². The fourth-order valence-electron chi connectivity index (χ4n) is 10.3. The van der Waals surface area contributed by atoms with Crippen LogP contribution < -0.4 is 9.30 Å². The van der Waals surface area contributed by atoms with E-state index in [2.05, 4.69) is 292 Å². The smallest absolute Gasteiger partial charge is 0.269 e. The van der Waals surface area contributed by atoms with E-state index >= 15 is 0 Å². The van der Waals surface area contributed by atoms with Crippen LogP contribution in [0.25, 0.3) is 50.3 Å². The quantitative estimate of drug-likeness (QED) is 0.101. The van der Waals surface area contributed by atoms with Gasteiger partial charge < -0.3 is 4.74 Å². The summed E-state index contributed by atoms with van der Waals surface area (Å²) in [5, 5.41) is 2.36. The van der Waals surface area contributed by atoms with Crippen LogP contribution in [0.4, 0.5) is 0 Å². The van der Waals surface area contributed by atoms with Crippen LogP contribution in [-0.4, -0.2) is 14.1 Å². The van der Waals surface area contributed by atoms with Gasteiger partial charge in [-0.05, 0) is 115 Å². The molecule has 0 spiro atoms. The zero-order chi connectivity index (χ0) is 51.7. The van der Waals surface area contributed by atoms with E-state index in [-0.39, 0.29) is 21.7 Å². The van der Waals surface area contributed by atoms with Gasteiger partial charge in [0.05, 0.1) is 28.1 Å². The molecule has 7 aromatic carbocycles. The molecular formula is C68H70N4O. The number of nitrogens with zero attached hydrogens (tertiary/aromatic N) is 4. The SMILES string of the molecule is CC(C)(C)c1cc(-[n+]2[c-]n(-c3cc(Oc4cc(C(C)(C)c5ccccc5)c5c6ccccc6n(-c6cc(C(C)(C)C)ccn6)c5c4)cc(C(C)(C)c4ccccc4)c3)cc2-c2ccccc2)cc(C(C)(C)C)c1. The van der Waals surface area contributed by atoms with Gasteiger partial charge in [-0.3, -0.25) is 13.7 Å². The number of hydrogen-bond acceptors (Lipinski definition) is 2. The molecule has 3 heterocycles. The van der Waals surface area contributed by atoms with Gasteiger partial charge in [-0.25, -0.2) is 4.98 Å². The van der Waals surface area contributed by atoms with E-state index in [1.54, 1.807) is 0 Å². The molecule has 0 aliphatic heterocycles. The van der Waals surface area contributed by atoms with Crippen LogP contribution in [0, 0.1) is 6.33 Å². The second kappa shape index (κ2) is 18.2. The number of para-hydroxylation sites is 1. The molecule has 10 aromatic rings. The molecule has 0 aliphatic carbocycles. The molecule has 368 valence electrons. The Morgan fingerprint density at radius 1 is 0.466 bits per heavy atom. The predicted molar refractivity (Wildman–Crippen MR) is 303 cm³/mol. The minimum Gasteiger partial charge on any atom is -0.458 e. The van der Waals surface area contributed by atoms with Crippen LogP contribution in [0.3, 0.4) is 0 Å². The highest BCUT2D eigenvalue weighted by Crippen LogP contribution is 2.45. The third-order valence-corrected chi connectivity index (χ3v) is 15.1. The monoisotopic (exact) mass is 959 g/mol. The second-order valence-corrected chi connectivity index (χ2v) is 24.1. The van der Waals surface area contributed by atoms with Crippen molar-refractivity contribution in [2.24, 2.45) is 0 Å². The minimum absolute atomic E-state index is 0.0594. The Labute approximate surface area is 433 Å². The highest BCUT2D eigenvalue weighted by molar-refractivity contribution is 6.11. The van der Waals surface area contributed by atoms with E-state index in [1.807, 2.05) is 6.20 Å². The molecule has 73 heavy (non-hydrogen) atoms. The molecule has 0 fully saturated rings. The average Bonchev–Trinajstić information content (AvgIpc) is 3.97. The first-order valence-corrected chi connectivity index (χ1v) is 25.9. The van der Waals surface area contributed by atoms with Crippen molar-refractivity contribution in [1.82, 2.24) is 14.1 Å². The summed E-state index contributed by atoms with van der Waals surface area (Å²) in [6.07, 6.45) is 8.04. The van der Waals surface area contributed by atoms with Crippen LogP contribution in [0.5, 0.6) is 11.5 Å². The number of imidazole rings is 1. The molecule has 0 amide bonds. The Morgan fingerprint density at radius 2 is 1.03 bits per heavy atom. The lowest BCUT2D eigenvalue weighted by Crippen LogP contribution is -2.33. The fourth-order valence-corrected chi connectivity index (χ4v) is 10.3. The summed E-state index contributed by atoms with van der Waals surface area (Å²) in [6.45, 7) is 29.8.